The fraction of sp³-hybridized carbons (Fsp3) is 0.174. The maximum atomic E-state index is 12.1. The van der Waals surface area contributed by atoms with Crippen LogP contribution in [0.4, 0.5) is 23.1 Å². The second-order valence-electron chi connectivity index (χ2n) is 7.17. The summed E-state index contributed by atoms with van der Waals surface area (Å²) < 4.78 is 0. The van der Waals surface area contributed by atoms with Gasteiger partial charge in [-0.2, -0.15) is 10.1 Å². The SMILES string of the molecule is CCO/N=C(\C)NC(=O)Cc1ccc(Nc2nccc(Nc3cccc4[nH]ncc34)n2)cc1. The molecule has 10 heteroatoms. The fourth-order valence-corrected chi connectivity index (χ4v) is 3.15. The van der Waals surface area contributed by atoms with Gasteiger partial charge in [-0.1, -0.05) is 23.4 Å². The number of oxime groups is 1. The van der Waals surface area contributed by atoms with Crippen LogP contribution in [0.5, 0.6) is 0 Å². The van der Waals surface area contributed by atoms with Crippen molar-refractivity contribution in [2.45, 2.75) is 20.3 Å². The monoisotopic (exact) mass is 444 g/mol. The quantitative estimate of drug-likeness (QED) is 0.184. The highest BCUT2D eigenvalue weighted by atomic mass is 16.6. The van der Waals surface area contributed by atoms with Gasteiger partial charge in [0.1, 0.15) is 18.3 Å². The maximum absolute atomic E-state index is 12.1. The topological polar surface area (TPSA) is 129 Å². The number of carbonyl (C=O) groups excluding carboxylic acids is 1. The molecule has 0 atom stereocenters. The van der Waals surface area contributed by atoms with Crippen LogP contribution in [-0.4, -0.2) is 38.5 Å². The fourth-order valence-electron chi connectivity index (χ4n) is 3.15. The van der Waals surface area contributed by atoms with Gasteiger partial charge in [-0.25, -0.2) is 4.98 Å². The van der Waals surface area contributed by atoms with Crippen molar-refractivity contribution in [3.63, 3.8) is 0 Å². The first kappa shape index (κ1) is 21.8. The Morgan fingerprint density at radius 2 is 1.97 bits per heavy atom. The number of amides is 1. The average Bonchev–Trinajstić information content (AvgIpc) is 3.29. The van der Waals surface area contributed by atoms with Gasteiger partial charge in [0.15, 0.2) is 0 Å². The summed E-state index contributed by atoms with van der Waals surface area (Å²) in [5.41, 5.74) is 3.52. The molecule has 2 aromatic heterocycles. The second-order valence-corrected chi connectivity index (χ2v) is 7.17. The molecule has 2 heterocycles. The zero-order valence-electron chi connectivity index (χ0n) is 18.3. The van der Waals surface area contributed by atoms with Gasteiger partial charge in [0.2, 0.25) is 11.9 Å². The first-order valence-corrected chi connectivity index (χ1v) is 10.5. The average molecular weight is 444 g/mol. The van der Waals surface area contributed by atoms with E-state index in [9.17, 15) is 4.79 Å². The largest absolute Gasteiger partial charge is 0.395 e. The van der Waals surface area contributed by atoms with Gasteiger partial charge in [-0.15, -0.1) is 0 Å². The van der Waals surface area contributed by atoms with Crippen LogP contribution in [0.2, 0.25) is 0 Å². The van der Waals surface area contributed by atoms with E-state index in [0.717, 1.165) is 27.8 Å². The highest BCUT2D eigenvalue weighted by molar-refractivity contribution is 5.97. The lowest BCUT2D eigenvalue weighted by atomic mass is 10.1. The summed E-state index contributed by atoms with van der Waals surface area (Å²) in [5.74, 6) is 1.37. The lowest BCUT2D eigenvalue weighted by Crippen LogP contribution is -2.29. The minimum atomic E-state index is -0.161. The molecule has 4 aromatic rings. The molecule has 4 N–H and O–H groups in total. The summed E-state index contributed by atoms with van der Waals surface area (Å²) in [6.45, 7) is 3.96. The predicted octanol–water partition coefficient (Wildman–Crippen LogP) is 3.87. The summed E-state index contributed by atoms with van der Waals surface area (Å²) in [5, 5.41) is 21.0. The van der Waals surface area contributed by atoms with Crippen molar-refractivity contribution >= 4 is 45.8 Å². The van der Waals surface area contributed by atoms with Crippen LogP contribution >= 0.6 is 0 Å². The lowest BCUT2D eigenvalue weighted by Gasteiger charge is -2.10. The first-order chi connectivity index (χ1) is 16.1. The molecule has 0 fully saturated rings. The van der Waals surface area contributed by atoms with Gasteiger partial charge in [0, 0.05) is 17.3 Å². The number of nitrogens with zero attached hydrogens (tertiary/aromatic N) is 4. The molecule has 10 nitrogen and oxygen atoms in total. The molecule has 0 unspecified atom stereocenters. The number of amidine groups is 1. The highest BCUT2D eigenvalue weighted by Gasteiger charge is 2.07. The Kier molecular flexibility index (Phi) is 6.74. The van der Waals surface area contributed by atoms with E-state index in [4.69, 9.17) is 4.84 Å². The molecule has 2 aromatic carbocycles. The Hall–Kier alpha value is -4.47. The Labute approximate surface area is 190 Å². The standard InChI is InChI=1S/C23H24N8O2/c1-3-33-31-15(2)26-22(32)13-16-7-9-17(10-8-16)27-23-24-12-11-21(29-23)28-19-5-4-6-20-18(19)14-25-30-20/h4-12,14H,3,13H2,1-2H3,(H,25,30)(H,26,31,32)(H2,24,27,28,29). The zero-order valence-corrected chi connectivity index (χ0v) is 18.3. The van der Waals surface area contributed by atoms with E-state index in [0.29, 0.717) is 24.2 Å². The van der Waals surface area contributed by atoms with E-state index < -0.39 is 0 Å². The van der Waals surface area contributed by atoms with E-state index in [1.807, 2.05) is 49.4 Å². The van der Waals surface area contributed by atoms with Gasteiger partial charge >= 0.3 is 0 Å². The molecule has 0 radical (unpaired) electrons. The Morgan fingerprint density at radius 3 is 2.79 bits per heavy atom. The molecule has 4 rings (SSSR count). The van der Waals surface area contributed by atoms with Crippen molar-refractivity contribution in [1.82, 2.24) is 25.5 Å². The van der Waals surface area contributed by atoms with Gasteiger partial charge in [0.25, 0.3) is 0 Å². The van der Waals surface area contributed by atoms with Crippen LogP contribution in [0.1, 0.15) is 19.4 Å². The van der Waals surface area contributed by atoms with Crippen molar-refractivity contribution in [3.05, 3.63) is 66.5 Å². The third-order valence-electron chi connectivity index (χ3n) is 4.63. The summed E-state index contributed by atoms with van der Waals surface area (Å²) in [6.07, 6.45) is 3.68. The summed E-state index contributed by atoms with van der Waals surface area (Å²) >= 11 is 0. The van der Waals surface area contributed by atoms with Crippen LogP contribution < -0.4 is 16.0 Å². The van der Waals surface area contributed by atoms with E-state index in [1.165, 1.54) is 0 Å². The lowest BCUT2D eigenvalue weighted by molar-refractivity contribution is -0.119. The summed E-state index contributed by atoms with van der Waals surface area (Å²) in [4.78, 5) is 25.9. The van der Waals surface area contributed by atoms with Crippen molar-refractivity contribution in [1.29, 1.82) is 0 Å². The molecule has 0 aliphatic heterocycles. The molecular weight excluding hydrogens is 420 g/mol. The Bertz CT molecular complexity index is 1270. The number of aromatic amines is 1. The molecule has 0 bridgehead atoms. The second kappa shape index (κ2) is 10.2. The van der Waals surface area contributed by atoms with E-state index in [-0.39, 0.29) is 12.3 Å². The molecule has 0 saturated carbocycles. The molecule has 0 spiro atoms. The number of nitrogens with one attached hydrogen (secondary N) is 4. The van der Waals surface area contributed by atoms with Crippen LogP contribution in [0.15, 0.2) is 66.1 Å². The zero-order chi connectivity index (χ0) is 23.0. The molecular formula is C23H24N8O2. The number of hydrogen-bond acceptors (Lipinski definition) is 8. The number of carbonyl (C=O) groups is 1. The molecule has 0 aliphatic rings. The van der Waals surface area contributed by atoms with E-state index in [2.05, 4.69) is 41.3 Å². The third kappa shape index (κ3) is 5.82. The summed E-state index contributed by atoms with van der Waals surface area (Å²) in [6, 6.07) is 15.2. The summed E-state index contributed by atoms with van der Waals surface area (Å²) in [7, 11) is 0. The van der Waals surface area contributed by atoms with Crippen LogP contribution in [0.3, 0.4) is 0 Å². The highest BCUT2D eigenvalue weighted by Crippen LogP contribution is 2.24. The van der Waals surface area contributed by atoms with E-state index in [1.54, 1.807) is 25.4 Å². The predicted molar refractivity (Wildman–Crippen MR) is 128 cm³/mol. The maximum Gasteiger partial charge on any atom is 0.229 e. The number of H-pyrrole nitrogens is 1. The molecule has 0 saturated heterocycles. The third-order valence-corrected chi connectivity index (χ3v) is 4.63. The smallest absolute Gasteiger partial charge is 0.229 e. The van der Waals surface area contributed by atoms with Crippen LogP contribution in [-0.2, 0) is 16.1 Å². The normalized spacial score (nSPS) is 11.3. The Balaban J connectivity index is 1.37. The molecule has 33 heavy (non-hydrogen) atoms. The number of fused-ring (bicyclic) bond motifs is 1. The van der Waals surface area contributed by atoms with E-state index >= 15 is 0 Å². The molecule has 1 amide bonds. The van der Waals surface area contributed by atoms with Crippen molar-refractivity contribution in [3.8, 4) is 0 Å². The number of benzene rings is 2. The minimum absolute atomic E-state index is 0.161. The van der Waals surface area contributed by atoms with Gasteiger partial charge < -0.3 is 20.8 Å². The number of anilines is 4. The number of aromatic nitrogens is 4. The van der Waals surface area contributed by atoms with Crippen molar-refractivity contribution < 1.29 is 9.63 Å². The molecule has 0 aliphatic carbocycles. The van der Waals surface area contributed by atoms with Crippen molar-refractivity contribution in [2.24, 2.45) is 5.16 Å². The van der Waals surface area contributed by atoms with Crippen molar-refractivity contribution in [2.75, 3.05) is 17.2 Å². The Morgan fingerprint density at radius 1 is 1.12 bits per heavy atom. The minimum Gasteiger partial charge on any atom is -0.395 e. The van der Waals surface area contributed by atoms with Crippen LogP contribution in [0.25, 0.3) is 10.9 Å². The number of rotatable bonds is 8. The first-order valence-electron chi connectivity index (χ1n) is 10.5. The van der Waals surface area contributed by atoms with Gasteiger partial charge in [0.05, 0.1) is 23.8 Å². The molecule has 168 valence electrons. The van der Waals surface area contributed by atoms with Crippen LogP contribution in [0, 0.1) is 0 Å². The number of hydrogen-bond donors (Lipinski definition) is 4. The van der Waals surface area contributed by atoms with Gasteiger partial charge in [-0.3, -0.25) is 9.89 Å². The van der Waals surface area contributed by atoms with Gasteiger partial charge in [-0.05, 0) is 49.7 Å².